The summed E-state index contributed by atoms with van der Waals surface area (Å²) in [6.07, 6.45) is 1.16. The molecule has 1 N–H and O–H groups in total. The summed E-state index contributed by atoms with van der Waals surface area (Å²) in [6.45, 7) is 0. The number of rotatable bonds is 3. The summed E-state index contributed by atoms with van der Waals surface area (Å²) in [7, 11) is 0. The predicted octanol–water partition coefficient (Wildman–Crippen LogP) is 4.91. The van der Waals surface area contributed by atoms with E-state index >= 15 is 0 Å². The zero-order chi connectivity index (χ0) is 17.9. The maximum absolute atomic E-state index is 12.7. The van der Waals surface area contributed by atoms with E-state index in [0.29, 0.717) is 5.56 Å². The average Bonchev–Trinajstić information content (AvgIpc) is 2.60. The first kappa shape index (κ1) is 17.3. The smallest absolute Gasteiger partial charge is 0.346 e. The summed E-state index contributed by atoms with van der Waals surface area (Å²) in [4.78, 5) is 12.2. The number of carbonyl (C=O) groups is 1. The van der Waals surface area contributed by atoms with Crippen LogP contribution in [-0.4, -0.2) is 5.91 Å². The van der Waals surface area contributed by atoms with E-state index in [1.54, 1.807) is 0 Å². The van der Waals surface area contributed by atoms with E-state index < -0.39 is 11.7 Å². The van der Waals surface area contributed by atoms with Crippen molar-refractivity contribution in [3.05, 3.63) is 76.9 Å². The number of halogens is 3. The van der Waals surface area contributed by atoms with Gasteiger partial charge in [0.2, 0.25) is 5.91 Å². The minimum absolute atomic E-state index is 0.0522. The Morgan fingerprint density at radius 1 is 1.12 bits per heavy atom. The van der Waals surface area contributed by atoms with Gasteiger partial charge >= 0.3 is 6.18 Å². The van der Waals surface area contributed by atoms with Crippen molar-refractivity contribution in [3.63, 3.8) is 0 Å². The van der Waals surface area contributed by atoms with E-state index in [9.17, 15) is 18.0 Å². The SMILES string of the molecule is O=C(/C=C/c1cccc(C(F)(F)F)c1)N[C@H]1CCCc2ccccc21. The lowest BCUT2D eigenvalue weighted by Gasteiger charge is -2.25. The molecule has 25 heavy (non-hydrogen) atoms. The lowest BCUT2D eigenvalue weighted by Crippen LogP contribution is -2.29. The Balaban J connectivity index is 1.69. The molecule has 5 heteroatoms. The van der Waals surface area contributed by atoms with Gasteiger partial charge in [-0.2, -0.15) is 13.2 Å². The molecule has 0 bridgehead atoms. The summed E-state index contributed by atoms with van der Waals surface area (Å²) >= 11 is 0. The largest absolute Gasteiger partial charge is 0.416 e. The molecule has 0 spiro atoms. The van der Waals surface area contributed by atoms with Crippen LogP contribution in [-0.2, 0) is 17.4 Å². The van der Waals surface area contributed by atoms with Crippen molar-refractivity contribution >= 4 is 12.0 Å². The van der Waals surface area contributed by atoms with Crippen molar-refractivity contribution in [2.24, 2.45) is 0 Å². The van der Waals surface area contributed by atoms with Gasteiger partial charge in [-0.15, -0.1) is 0 Å². The second-order valence-corrected chi connectivity index (χ2v) is 6.11. The minimum Gasteiger partial charge on any atom is -0.346 e. The summed E-state index contributed by atoms with van der Waals surface area (Å²) in [5, 5.41) is 2.94. The van der Waals surface area contributed by atoms with Crippen molar-refractivity contribution in [1.29, 1.82) is 0 Å². The number of amides is 1. The summed E-state index contributed by atoms with van der Waals surface area (Å²) < 4.78 is 38.1. The van der Waals surface area contributed by atoms with Crippen LogP contribution in [0.4, 0.5) is 13.2 Å². The van der Waals surface area contributed by atoms with Crippen LogP contribution in [0.5, 0.6) is 0 Å². The van der Waals surface area contributed by atoms with E-state index in [4.69, 9.17) is 0 Å². The Kier molecular flexibility index (Phi) is 4.93. The van der Waals surface area contributed by atoms with E-state index in [1.165, 1.54) is 29.8 Å². The first-order valence-corrected chi connectivity index (χ1v) is 8.17. The first-order chi connectivity index (χ1) is 11.9. The number of nitrogens with one attached hydrogen (secondary N) is 1. The summed E-state index contributed by atoms with van der Waals surface area (Å²) in [5.41, 5.74) is 1.97. The highest BCUT2D eigenvalue weighted by molar-refractivity contribution is 5.92. The third kappa shape index (κ3) is 4.29. The van der Waals surface area contributed by atoms with Crippen molar-refractivity contribution in [2.45, 2.75) is 31.5 Å². The highest BCUT2D eigenvalue weighted by atomic mass is 19.4. The number of hydrogen-bond acceptors (Lipinski definition) is 1. The zero-order valence-corrected chi connectivity index (χ0v) is 13.5. The van der Waals surface area contributed by atoms with Gasteiger partial charge in [0, 0.05) is 6.08 Å². The topological polar surface area (TPSA) is 29.1 Å². The summed E-state index contributed by atoms with van der Waals surface area (Å²) in [5.74, 6) is -0.306. The number of aryl methyl sites for hydroxylation is 1. The Labute approximate surface area is 144 Å². The van der Waals surface area contributed by atoms with Crippen molar-refractivity contribution in [2.75, 3.05) is 0 Å². The molecule has 130 valence electrons. The van der Waals surface area contributed by atoms with Crippen LogP contribution in [0.3, 0.4) is 0 Å². The van der Waals surface area contributed by atoms with Gasteiger partial charge in [0.05, 0.1) is 11.6 Å². The Hall–Kier alpha value is -2.56. The number of carbonyl (C=O) groups excluding carboxylic acids is 1. The summed E-state index contributed by atoms with van der Waals surface area (Å²) in [6, 6.07) is 12.9. The molecule has 2 nitrogen and oxygen atoms in total. The van der Waals surface area contributed by atoms with E-state index in [1.807, 2.05) is 18.2 Å². The third-order valence-electron chi connectivity index (χ3n) is 4.33. The highest BCUT2D eigenvalue weighted by Crippen LogP contribution is 2.30. The van der Waals surface area contributed by atoms with Crippen LogP contribution in [0.1, 0.15) is 41.1 Å². The Morgan fingerprint density at radius 3 is 2.72 bits per heavy atom. The molecule has 0 saturated carbocycles. The van der Waals surface area contributed by atoms with Gasteiger partial charge in [-0.05, 0) is 54.2 Å². The Bertz CT molecular complexity index is 796. The lowest BCUT2D eigenvalue weighted by atomic mass is 9.88. The van der Waals surface area contributed by atoms with Gasteiger partial charge in [-0.3, -0.25) is 4.79 Å². The van der Waals surface area contributed by atoms with Gasteiger partial charge < -0.3 is 5.32 Å². The molecular formula is C20H18F3NO. The fourth-order valence-corrected chi connectivity index (χ4v) is 3.11. The monoisotopic (exact) mass is 345 g/mol. The molecule has 1 aliphatic carbocycles. The van der Waals surface area contributed by atoms with Crippen molar-refractivity contribution in [1.82, 2.24) is 5.32 Å². The molecule has 0 fully saturated rings. The van der Waals surface area contributed by atoms with Crippen LogP contribution in [0.2, 0.25) is 0 Å². The van der Waals surface area contributed by atoms with E-state index in [2.05, 4.69) is 11.4 Å². The van der Waals surface area contributed by atoms with Gasteiger partial charge in [-0.25, -0.2) is 0 Å². The van der Waals surface area contributed by atoms with Gasteiger partial charge in [0.15, 0.2) is 0 Å². The lowest BCUT2D eigenvalue weighted by molar-refractivity contribution is -0.137. The molecule has 1 amide bonds. The number of hydrogen-bond donors (Lipinski definition) is 1. The molecule has 2 aromatic rings. The van der Waals surface area contributed by atoms with Gasteiger partial charge in [-0.1, -0.05) is 36.4 Å². The second kappa shape index (κ2) is 7.13. The van der Waals surface area contributed by atoms with Crippen LogP contribution in [0, 0.1) is 0 Å². The fourth-order valence-electron chi connectivity index (χ4n) is 3.11. The minimum atomic E-state index is -4.39. The number of benzene rings is 2. The molecule has 0 heterocycles. The average molecular weight is 345 g/mol. The van der Waals surface area contributed by atoms with Crippen molar-refractivity contribution in [3.8, 4) is 0 Å². The molecule has 1 atom stereocenters. The second-order valence-electron chi connectivity index (χ2n) is 6.11. The molecule has 0 unspecified atom stereocenters. The highest BCUT2D eigenvalue weighted by Gasteiger charge is 2.30. The van der Waals surface area contributed by atoms with E-state index in [0.717, 1.165) is 37.0 Å². The maximum Gasteiger partial charge on any atom is 0.416 e. The molecule has 0 saturated heterocycles. The first-order valence-electron chi connectivity index (χ1n) is 8.17. The third-order valence-corrected chi connectivity index (χ3v) is 4.33. The van der Waals surface area contributed by atoms with Crippen LogP contribution < -0.4 is 5.32 Å². The maximum atomic E-state index is 12.7. The molecular weight excluding hydrogens is 327 g/mol. The van der Waals surface area contributed by atoms with Crippen LogP contribution in [0.25, 0.3) is 6.08 Å². The number of fused-ring (bicyclic) bond motifs is 1. The number of alkyl halides is 3. The fraction of sp³-hybridized carbons (Fsp3) is 0.250. The van der Waals surface area contributed by atoms with Crippen molar-refractivity contribution < 1.29 is 18.0 Å². The normalized spacial score (nSPS) is 17.3. The molecule has 0 aromatic heterocycles. The molecule has 2 aromatic carbocycles. The Morgan fingerprint density at radius 2 is 1.92 bits per heavy atom. The zero-order valence-electron chi connectivity index (χ0n) is 13.5. The standard InChI is InChI=1S/C20H18F3NO/c21-20(22,23)16-8-3-5-14(13-16)11-12-19(25)24-18-10-4-7-15-6-1-2-9-17(15)18/h1-3,5-6,8-9,11-13,18H,4,7,10H2,(H,24,25)/b12-11+/t18-/m0/s1. The molecule has 0 aliphatic heterocycles. The van der Waals surface area contributed by atoms with Gasteiger partial charge in [0.1, 0.15) is 0 Å². The molecule has 0 radical (unpaired) electrons. The van der Waals surface area contributed by atoms with Crippen LogP contribution >= 0.6 is 0 Å². The molecule has 3 rings (SSSR count). The van der Waals surface area contributed by atoms with Gasteiger partial charge in [0.25, 0.3) is 0 Å². The molecule has 1 aliphatic rings. The van der Waals surface area contributed by atoms with E-state index in [-0.39, 0.29) is 11.9 Å². The predicted molar refractivity (Wildman–Crippen MR) is 90.7 cm³/mol. The van der Waals surface area contributed by atoms with Crippen LogP contribution in [0.15, 0.2) is 54.6 Å². The quantitative estimate of drug-likeness (QED) is 0.787.